The number of carboxylic acids is 1. The van der Waals surface area contributed by atoms with Crippen molar-refractivity contribution in [2.24, 2.45) is 5.73 Å². The molecule has 7 N–H and O–H groups in total. The van der Waals surface area contributed by atoms with Crippen LogP contribution in [-0.4, -0.2) is 67.4 Å². The Bertz CT molecular complexity index is 1190. The first kappa shape index (κ1) is 28.9. The first-order valence-corrected chi connectivity index (χ1v) is 14.1. The Morgan fingerprint density at radius 1 is 1.05 bits per heavy atom. The minimum atomic E-state index is -3.87. The van der Waals surface area contributed by atoms with Crippen LogP contribution in [-0.2, 0) is 26.0 Å². The summed E-state index contributed by atoms with van der Waals surface area (Å²) >= 11 is 0. The molecule has 1 fully saturated rings. The van der Waals surface area contributed by atoms with E-state index in [0.717, 1.165) is 41.4 Å². The summed E-state index contributed by atoms with van der Waals surface area (Å²) in [6.07, 6.45) is 3.77. The van der Waals surface area contributed by atoms with Gasteiger partial charge in [-0.1, -0.05) is 30.3 Å². The Hall–Kier alpha value is -3.64. The van der Waals surface area contributed by atoms with Gasteiger partial charge in [0, 0.05) is 31.7 Å². The van der Waals surface area contributed by atoms with Crippen molar-refractivity contribution in [1.29, 1.82) is 5.41 Å². The summed E-state index contributed by atoms with van der Waals surface area (Å²) in [5.41, 5.74) is 6.88. The predicted molar refractivity (Wildman–Crippen MR) is 145 cm³/mol. The topological polar surface area (TPSA) is 178 Å². The molecule has 1 aliphatic rings. The molecule has 0 aliphatic carbocycles. The molecule has 0 bridgehead atoms. The Kier molecular flexibility index (Phi) is 10.5. The lowest BCUT2D eigenvalue weighted by molar-refractivity contribution is -0.142. The Balaban J connectivity index is 1.52. The van der Waals surface area contributed by atoms with Crippen molar-refractivity contribution in [3.63, 3.8) is 0 Å². The number of sulfonamides is 1. The van der Waals surface area contributed by atoms with Crippen LogP contribution < -0.4 is 21.7 Å². The molecule has 1 heterocycles. The van der Waals surface area contributed by atoms with E-state index < -0.39 is 34.0 Å². The van der Waals surface area contributed by atoms with Crippen molar-refractivity contribution in [3.8, 4) is 0 Å². The van der Waals surface area contributed by atoms with Crippen LogP contribution in [0.4, 0.5) is 5.69 Å². The second kappa shape index (κ2) is 13.8. The third kappa shape index (κ3) is 8.18. The standard InChI is InChI=1S/C26H36N6O5S/c27-26(28)30-16-6-2-5-15-29-20-13-11-19(12-14-20)18-22(25(34)35)31-24(33)23-10-7-17-32(23)38(36,37)21-8-3-1-4-9-21/h1,3-4,8-9,11-14,22-23,29H,2,5-7,10,15-18H2,(H,31,33)(H,34,35)(H4,27,28,30)/t22-,23-/m0/s1. The first-order chi connectivity index (χ1) is 18.2. The number of carboxylic acid groups (broad SMARTS) is 1. The molecule has 1 aliphatic heterocycles. The van der Waals surface area contributed by atoms with Crippen molar-refractivity contribution < 1.29 is 23.1 Å². The molecular weight excluding hydrogens is 508 g/mol. The van der Waals surface area contributed by atoms with Crippen LogP contribution in [0.5, 0.6) is 0 Å². The zero-order valence-corrected chi connectivity index (χ0v) is 22.0. The maximum atomic E-state index is 13.1. The number of guanidine groups is 1. The zero-order valence-electron chi connectivity index (χ0n) is 21.2. The minimum absolute atomic E-state index is 0.0237. The van der Waals surface area contributed by atoms with Gasteiger partial charge >= 0.3 is 5.97 Å². The highest BCUT2D eigenvalue weighted by molar-refractivity contribution is 7.89. The second-order valence-corrected chi connectivity index (χ2v) is 11.1. The van der Waals surface area contributed by atoms with Crippen LogP contribution in [0.15, 0.2) is 59.5 Å². The smallest absolute Gasteiger partial charge is 0.326 e. The number of nitrogens with one attached hydrogen (secondary N) is 4. The number of nitrogens with two attached hydrogens (primary N) is 1. The van der Waals surface area contributed by atoms with Crippen molar-refractivity contribution >= 4 is 33.5 Å². The number of aliphatic carboxylic acids is 1. The molecule has 1 saturated heterocycles. The monoisotopic (exact) mass is 544 g/mol. The third-order valence-electron chi connectivity index (χ3n) is 6.36. The lowest BCUT2D eigenvalue weighted by Gasteiger charge is -2.25. The van der Waals surface area contributed by atoms with Gasteiger partial charge in [0.05, 0.1) is 4.90 Å². The van der Waals surface area contributed by atoms with Crippen LogP contribution >= 0.6 is 0 Å². The van der Waals surface area contributed by atoms with E-state index in [1.165, 1.54) is 12.1 Å². The summed E-state index contributed by atoms with van der Waals surface area (Å²) in [6, 6.07) is 13.1. The summed E-state index contributed by atoms with van der Waals surface area (Å²) in [6.45, 7) is 1.65. The zero-order chi connectivity index (χ0) is 27.5. The molecule has 12 heteroatoms. The van der Waals surface area contributed by atoms with Crippen molar-refractivity contribution in [2.75, 3.05) is 25.0 Å². The largest absolute Gasteiger partial charge is 0.480 e. The van der Waals surface area contributed by atoms with Crippen molar-refractivity contribution in [2.45, 2.75) is 55.5 Å². The molecule has 1 amide bonds. The Labute approximate surface area is 223 Å². The molecule has 38 heavy (non-hydrogen) atoms. The number of nitrogens with zero attached hydrogens (tertiary/aromatic N) is 1. The van der Waals surface area contributed by atoms with Crippen molar-refractivity contribution in [1.82, 2.24) is 14.9 Å². The van der Waals surface area contributed by atoms with Gasteiger partial charge in [-0.05, 0) is 61.9 Å². The quantitative estimate of drug-likeness (QED) is 0.118. The van der Waals surface area contributed by atoms with Crippen LogP contribution in [0.25, 0.3) is 0 Å². The number of hydrogen-bond acceptors (Lipinski definition) is 6. The lowest BCUT2D eigenvalue weighted by Crippen LogP contribution is -2.51. The Morgan fingerprint density at radius 3 is 2.39 bits per heavy atom. The number of amides is 1. The maximum absolute atomic E-state index is 13.1. The number of carbonyl (C=O) groups excluding carboxylic acids is 1. The number of rotatable bonds is 14. The molecule has 0 spiro atoms. The third-order valence-corrected chi connectivity index (χ3v) is 8.29. The molecule has 206 valence electrons. The molecule has 3 rings (SSSR count). The molecule has 0 unspecified atom stereocenters. The molecule has 0 aromatic heterocycles. The molecule has 2 aromatic carbocycles. The average molecular weight is 545 g/mol. The van der Waals surface area contributed by atoms with Crippen LogP contribution in [0.3, 0.4) is 0 Å². The first-order valence-electron chi connectivity index (χ1n) is 12.7. The fourth-order valence-electron chi connectivity index (χ4n) is 4.36. The summed E-state index contributed by atoms with van der Waals surface area (Å²) in [5, 5.41) is 25.5. The van der Waals surface area contributed by atoms with Crippen LogP contribution in [0, 0.1) is 5.41 Å². The summed E-state index contributed by atoms with van der Waals surface area (Å²) in [7, 11) is -3.87. The highest BCUT2D eigenvalue weighted by Crippen LogP contribution is 2.26. The second-order valence-electron chi connectivity index (χ2n) is 9.22. The Morgan fingerprint density at radius 2 is 1.74 bits per heavy atom. The summed E-state index contributed by atoms with van der Waals surface area (Å²) in [4.78, 5) is 25.1. The fraction of sp³-hybridized carbons (Fsp3) is 0.423. The van der Waals surface area contributed by atoms with Gasteiger partial charge in [0.25, 0.3) is 0 Å². The van der Waals surface area contributed by atoms with E-state index in [1.807, 2.05) is 24.3 Å². The van der Waals surface area contributed by atoms with Gasteiger partial charge < -0.3 is 26.8 Å². The predicted octanol–water partition coefficient (Wildman–Crippen LogP) is 1.72. The SMILES string of the molecule is N=C(N)NCCCCCNc1ccc(C[C@H](NC(=O)[C@@H]2CCCN2S(=O)(=O)c2ccccc2)C(=O)O)cc1. The van der Waals surface area contributed by atoms with Crippen LogP contribution in [0.2, 0.25) is 0 Å². The van der Waals surface area contributed by atoms with Crippen LogP contribution in [0.1, 0.15) is 37.7 Å². The van der Waals surface area contributed by atoms with E-state index in [9.17, 15) is 23.1 Å². The van der Waals surface area contributed by atoms with Gasteiger partial charge in [-0.25, -0.2) is 13.2 Å². The van der Waals surface area contributed by atoms with Gasteiger partial charge in [-0.3, -0.25) is 10.2 Å². The molecule has 2 aromatic rings. The minimum Gasteiger partial charge on any atom is -0.480 e. The van der Waals surface area contributed by atoms with E-state index in [0.29, 0.717) is 19.4 Å². The number of hydrogen-bond donors (Lipinski definition) is 6. The van der Waals surface area contributed by atoms with Gasteiger partial charge in [0.15, 0.2) is 5.96 Å². The number of unbranched alkanes of at least 4 members (excludes halogenated alkanes) is 2. The molecule has 11 nitrogen and oxygen atoms in total. The van der Waals surface area contributed by atoms with Gasteiger partial charge in [-0.15, -0.1) is 0 Å². The number of carbonyl (C=O) groups is 2. The maximum Gasteiger partial charge on any atom is 0.326 e. The molecule has 0 radical (unpaired) electrons. The average Bonchev–Trinajstić information content (AvgIpc) is 3.40. The van der Waals surface area contributed by atoms with E-state index in [2.05, 4.69) is 16.0 Å². The van der Waals surface area contributed by atoms with E-state index >= 15 is 0 Å². The lowest BCUT2D eigenvalue weighted by atomic mass is 10.0. The van der Waals surface area contributed by atoms with Gasteiger partial charge in [-0.2, -0.15) is 4.31 Å². The van der Waals surface area contributed by atoms with E-state index in [-0.39, 0.29) is 23.8 Å². The number of benzene rings is 2. The summed E-state index contributed by atoms with van der Waals surface area (Å²) < 4.78 is 27.3. The molecule has 2 atom stereocenters. The van der Waals surface area contributed by atoms with E-state index in [4.69, 9.17) is 11.1 Å². The van der Waals surface area contributed by atoms with Gasteiger partial charge in [0.1, 0.15) is 12.1 Å². The molecule has 0 saturated carbocycles. The molecular formula is C26H36N6O5S. The highest BCUT2D eigenvalue weighted by atomic mass is 32.2. The van der Waals surface area contributed by atoms with E-state index in [1.54, 1.807) is 18.2 Å². The van der Waals surface area contributed by atoms with Gasteiger partial charge in [0.2, 0.25) is 15.9 Å². The normalized spacial score (nSPS) is 16.5. The van der Waals surface area contributed by atoms with Crippen molar-refractivity contribution in [3.05, 3.63) is 60.2 Å². The summed E-state index contributed by atoms with van der Waals surface area (Å²) in [5.74, 6) is -1.81. The highest BCUT2D eigenvalue weighted by Gasteiger charge is 2.40. The number of anilines is 1. The fourth-order valence-corrected chi connectivity index (χ4v) is 6.04.